The van der Waals surface area contributed by atoms with Crippen LogP contribution in [0.5, 0.6) is 0 Å². The second-order valence-electron chi connectivity index (χ2n) is 5.55. The molecule has 0 saturated carbocycles. The Labute approximate surface area is 116 Å². The summed E-state index contributed by atoms with van der Waals surface area (Å²) in [6, 6.07) is -0.00440. The number of unbranched alkanes of at least 4 members (excludes halogenated alkanes) is 1. The maximum atomic E-state index is 10.3. The number of aliphatic hydroxyl groups excluding tert-OH is 3. The Morgan fingerprint density at radius 1 is 1.17 bits per heavy atom. The van der Waals surface area contributed by atoms with Crippen molar-refractivity contribution in [1.82, 2.24) is 0 Å². The number of rotatable bonds is 10. The van der Waals surface area contributed by atoms with Crippen LogP contribution in [-0.2, 0) is 0 Å². The van der Waals surface area contributed by atoms with Crippen molar-refractivity contribution in [3.63, 3.8) is 0 Å². The van der Waals surface area contributed by atoms with E-state index in [0.717, 1.165) is 19.3 Å². The number of aliphatic hydroxyl groups is 3. The molecule has 0 amide bonds. The summed E-state index contributed by atoms with van der Waals surface area (Å²) in [4.78, 5) is 0. The molecule has 18 heavy (non-hydrogen) atoms. The van der Waals surface area contributed by atoms with Gasteiger partial charge in [-0.3, -0.25) is 0 Å². The Morgan fingerprint density at radius 2 is 1.78 bits per heavy atom. The molecule has 5 heteroatoms. The van der Waals surface area contributed by atoms with Gasteiger partial charge in [0.2, 0.25) is 0 Å². The molecule has 0 radical (unpaired) electrons. The Kier molecular flexibility index (Phi) is 9.17. The molecule has 0 aromatic heterocycles. The molecular weight excluding hydrogens is 254 g/mol. The molecule has 4 nitrogen and oxygen atoms in total. The minimum atomic E-state index is -0.754. The zero-order valence-electron chi connectivity index (χ0n) is 11.8. The molecular formula is C13H29ClNO3+. The van der Waals surface area contributed by atoms with Gasteiger partial charge >= 0.3 is 0 Å². The summed E-state index contributed by atoms with van der Waals surface area (Å²) in [7, 11) is 3.93. The van der Waals surface area contributed by atoms with Crippen molar-refractivity contribution in [2.75, 3.05) is 33.1 Å². The van der Waals surface area contributed by atoms with E-state index in [9.17, 15) is 10.2 Å². The van der Waals surface area contributed by atoms with Gasteiger partial charge in [-0.05, 0) is 6.42 Å². The predicted octanol–water partition coefficient (Wildman–Crippen LogP) is 0.965. The van der Waals surface area contributed by atoms with Gasteiger partial charge in [-0.2, -0.15) is 0 Å². The van der Waals surface area contributed by atoms with Crippen molar-refractivity contribution in [2.45, 2.75) is 50.9 Å². The summed E-state index contributed by atoms with van der Waals surface area (Å²) >= 11 is 5.82. The van der Waals surface area contributed by atoms with E-state index >= 15 is 0 Å². The molecule has 0 aromatic carbocycles. The van der Waals surface area contributed by atoms with Crippen LogP contribution in [0, 0.1) is 0 Å². The van der Waals surface area contributed by atoms with Gasteiger partial charge < -0.3 is 19.8 Å². The van der Waals surface area contributed by atoms with Crippen LogP contribution in [0.3, 0.4) is 0 Å². The third-order valence-electron chi connectivity index (χ3n) is 3.49. The van der Waals surface area contributed by atoms with Crippen molar-refractivity contribution in [3.05, 3.63) is 0 Å². The molecule has 3 unspecified atom stereocenters. The molecule has 0 spiro atoms. The van der Waals surface area contributed by atoms with Crippen molar-refractivity contribution in [1.29, 1.82) is 0 Å². The van der Waals surface area contributed by atoms with E-state index < -0.39 is 12.2 Å². The highest BCUT2D eigenvalue weighted by Gasteiger charge is 2.35. The summed E-state index contributed by atoms with van der Waals surface area (Å²) < 4.78 is 0.472. The highest BCUT2D eigenvalue weighted by Crippen LogP contribution is 2.20. The van der Waals surface area contributed by atoms with E-state index in [1.807, 2.05) is 14.1 Å². The van der Waals surface area contributed by atoms with Crippen molar-refractivity contribution < 1.29 is 19.8 Å². The van der Waals surface area contributed by atoms with Gasteiger partial charge in [0.05, 0.1) is 20.7 Å². The Balaban J connectivity index is 4.62. The molecule has 0 rings (SSSR count). The lowest BCUT2D eigenvalue weighted by Crippen LogP contribution is -2.58. The van der Waals surface area contributed by atoms with Gasteiger partial charge in [0, 0.05) is 12.3 Å². The number of alkyl halides is 1. The van der Waals surface area contributed by atoms with Gasteiger partial charge in [-0.15, -0.1) is 11.6 Å². The molecule has 0 aromatic rings. The maximum absolute atomic E-state index is 10.3. The first-order valence-electron chi connectivity index (χ1n) is 6.74. The minimum absolute atomic E-state index is 0.00440. The lowest BCUT2D eigenvalue weighted by molar-refractivity contribution is -0.921. The fourth-order valence-corrected chi connectivity index (χ4v) is 2.69. The standard InChI is InChI=1S/C13H29ClNO3/c1-4-5-6-13(18)12(7-8-14)15(2,3)9-11(17)10-16/h11-13,16-18H,4-10H2,1-3H3/q+1. The molecule has 110 valence electrons. The normalized spacial score (nSPS) is 17.5. The zero-order chi connectivity index (χ0) is 14.2. The molecule has 0 saturated heterocycles. The summed E-state index contributed by atoms with van der Waals surface area (Å²) in [5.74, 6) is 0.491. The largest absolute Gasteiger partial charge is 0.393 e. The first-order valence-corrected chi connectivity index (χ1v) is 7.28. The van der Waals surface area contributed by atoms with Crippen molar-refractivity contribution >= 4 is 11.6 Å². The molecule has 0 heterocycles. The number of likely N-dealkylation sites (N-methyl/N-ethyl adjacent to an activating group) is 1. The highest BCUT2D eigenvalue weighted by molar-refractivity contribution is 6.17. The molecule has 0 aliphatic carbocycles. The van der Waals surface area contributed by atoms with Gasteiger partial charge in [0.1, 0.15) is 24.8 Å². The van der Waals surface area contributed by atoms with Crippen LogP contribution in [0.2, 0.25) is 0 Å². The number of nitrogens with zero attached hydrogens (tertiary/aromatic N) is 1. The average molecular weight is 283 g/mol. The quantitative estimate of drug-likeness (QED) is 0.413. The Bertz CT molecular complexity index is 214. The maximum Gasteiger partial charge on any atom is 0.126 e. The Morgan fingerprint density at radius 3 is 2.22 bits per heavy atom. The second kappa shape index (κ2) is 9.10. The molecule has 0 bridgehead atoms. The van der Waals surface area contributed by atoms with Crippen molar-refractivity contribution in [3.8, 4) is 0 Å². The number of quaternary nitrogens is 1. The summed E-state index contributed by atoms with van der Waals surface area (Å²) in [5.41, 5.74) is 0. The summed E-state index contributed by atoms with van der Waals surface area (Å²) in [5, 5.41) is 28.8. The van der Waals surface area contributed by atoms with Crippen LogP contribution in [-0.4, -0.2) is 71.2 Å². The first-order chi connectivity index (χ1) is 8.38. The lowest BCUT2D eigenvalue weighted by Gasteiger charge is -2.41. The molecule has 0 aliphatic heterocycles. The molecule has 3 atom stereocenters. The Hall–Kier alpha value is 0.130. The van der Waals surface area contributed by atoms with Crippen LogP contribution in [0.4, 0.5) is 0 Å². The topological polar surface area (TPSA) is 60.7 Å². The van der Waals surface area contributed by atoms with Gasteiger partial charge in [0.25, 0.3) is 0 Å². The van der Waals surface area contributed by atoms with Gasteiger partial charge in [0.15, 0.2) is 0 Å². The van der Waals surface area contributed by atoms with E-state index in [4.69, 9.17) is 16.7 Å². The SMILES string of the molecule is CCCCC(O)C(CCCl)[N+](C)(C)CC(O)CO. The van der Waals surface area contributed by atoms with E-state index in [1.54, 1.807) is 0 Å². The van der Waals surface area contributed by atoms with Crippen LogP contribution in [0.25, 0.3) is 0 Å². The summed E-state index contributed by atoms with van der Waals surface area (Å²) in [6.07, 6.45) is 2.34. The first kappa shape index (κ1) is 18.1. The van der Waals surface area contributed by atoms with Crippen LogP contribution in [0.1, 0.15) is 32.6 Å². The van der Waals surface area contributed by atoms with Crippen molar-refractivity contribution in [2.24, 2.45) is 0 Å². The average Bonchev–Trinajstić information content (AvgIpc) is 2.31. The van der Waals surface area contributed by atoms with Gasteiger partial charge in [-0.1, -0.05) is 19.8 Å². The zero-order valence-corrected chi connectivity index (χ0v) is 12.6. The third kappa shape index (κ3) is 6.34. The molecule has 3 N–H and O–H groups in total. The summed E-state index contributed by atoms with van der Waals surface area (Å²) in [6.45, 7) is 2.26. The minimum Gasteiger partial charge on any atom is -0.393 e. The second-order valence-corrected chi connectivity index (χ2v) is 5.93. The van der Waals surface area contributed by atoms with E-state index in [2.05, 4.69) is 6.92 Å². The van der Waals surface area contributed by atoms with E-state index in [1.165, 1.54) is 0 Å². The smallest absolute Gasteiger partial charge is 0.126 e. The lowest BCUT2D eigenvalue weighted by atomic mass is 9.99. The number of hydrogen-bond acceptors (Lipinski definition) is 3. The van der Waals surface area contributed by atoms with E-state index in [-0.39, 0.29) is 12.6 Å². The molecule has 0 aliphatic rings. The fraction of sp³-hybridized carbons (Fsp3) is 1.00. The monoisotopic (exact) mass is 282 g/mol. The third-order valence-corrected chi connectivity index (χ3v) is 3.71. The van der Waals surface area contributed by atoms with Crippen LogP contribution in [0.15, 0.2) is 0 Å². The highest BCUT2D eigenvalue weighted by atomic mass is 35.5. The van der Waals surface area contributed by atoms with Crippen LogP contribution < -0.4 is 0 Å². The number of hydrogen-bond donors (Lipinski definition) is 3. The number of halogens is 1. The predicted molar refractivity (Wildman–Crippen MR) is 74.7 cm³/mol. The molecule has 0 fully saturated rings. The van der Waals surface area contributed by atoms with Crippen LogP contribution >= 0.6 is 11.6 Å². The fourth-order valence-electron chi connectivity index (χ4n) is 2.46. The van der Waals surface area contributed by atoms with E-state index in [0.29, 0.717) is 23.3 Å². The van der Waals surface area contributed by atoms with Gasteiger partial charge in [-0.25, -0.2) is 0 Å².